The number of hydrogen-bond donors (Lipinski definition) is 1. The second-order valence-corrected chi connectivity index (χ2v) is 5.38. The maximum atomic E-state index is 11.0. The van der Waals surface area contributed by atoms with Crippen LogP contribution in [-0.2, 0) is 14.9 Å². The molecule has 1 rings (SSSR count). The minimum Gasteiger partial charge on any atom is -0.380 e. The molecule has 0 radical (unpaired) electrons. The maximum Gasteiger partial charge on any atom is 0.270 e. The molecule has 1 fully saturated rings. The summed E-state index contributed by atoms with van der Waals surface area (Å²) in [5.41, 5.74) is 0. The van der Waals surface area contributed by atoms with Gasteiger partial charge in [0.15, 0.2) is 0 Å². The van der Waals surface area contributed by atoms with E-state index in [0.29, 0.717) is 18.8 Å². The molecule has 1 N–H and O–H groups in total. The van der Waals surface area contributed by atoms with E-state index in [0.717, 1.165) is 6.42 Å². The van der Waals surface area contributed by atoms with E-state index in [1.54, 1.807) is 0 Å². The van der Waals surface area contributed by atoms with Gasteiger partial charge in [-0.2, -0.15) is 8.42 Å². The first kappa shape index (κ1) is 10.9. The van der Waals surface area contributed by atoms with Gasteiger partial charge < -0.3 is 4.74 Å². The highest BCUT2D eigenvalue weighted by molar-refractivity contribution is 7.86. The molecule has 0 aliphatic heterocycles. The summed E-state index contributed by atoms with van der Waals surface area (Å²) in [4.78, 5) is 0. The Kier molecular flexibility index (Phi) is 3.32. The fourth-order valence-electron chi connectivity index (χ4n) is 1.88. The Morgan fingerprint density at radius 2 is 2.00 bits per heavy atom. The van der Waals surface area contributed by atoms with E-state index in [-0.39, 0.29) is 6.10 Å². The van der Waals surface area contributed by atoms with Crippen LogP contribution in [0.4, 0.5) is 0 Å². The second kappa shape index (κ2) is 3.94. The molecule has 3 atom stereocenters. The van der Waals surface area contributed by atoms with Crippen molar-refractivity contribution >= 4 is 10.1 Å². The standard InChI is InChI=1S/C8H16O4S/c1-6-3-4-7(12-2)8(5-6)13(9,10)11/h6-8H,3-5H2,1-2H3,(H,9,10,11). The quantitative estimate of drug-likeness (QED) is 0.690. The molecule has 0 aromatic carbocycles. The van der Waals surface area contributed by atoms with Gasteiger partial charge in [0.2, 0.25) is 0 Å². The Hall–Kier alpha value is -0.130. The van der Waals surface area contributed by atoms with E-state index in [1.165, 1.54) is 7.11 Å². The Balaban J connectivity index is 2.77. The van der Waals surface area contributed by atoms with E-state index in [2.05, 4.69) is 0 Å². The molecular weight excluding hydrogens is 192 g/mol. The first-order valence-corrected chi connectivity index (χ1v) is 5.94. The summed E-state index contributed by atoms with van der Waals surface area (Å²) in [5.74, 6) is 0.346. The molecular formula is C8H16O4S. The van der Waals surface area contributed by atoms with Crippen LogP contribution in [0.25, 0.3) is 0 Å². The molecule has 0 saturated heterocycles. The zero-order valence-electron chi connectivity index (χ0n) is 7.93. The van der Waals surface area contributed by atoms with Crippen molar-refractivity contribution < 1.29 is 17.7 Å². The van der Waals surface area contributed by atoms with Crippen LogP contribution in [0.2, 0.25) is 0 Å². The molecule has 0 heterocycles. The van der Waals surface area contributed by atoms with Crippen LogP contribution in [0.15, 0.2) is 0 Å². The zero-order valence-corrected chi connectivity index (χ0v) is 8.75. The van der Waals surface area contributed by atoms with Crippen LogP contribution in [0.3, 0.4) is 0 Å². The SMILES string of the molecule is COC1CCC(C)CC1S(=O)(=O)O. The largest absolute Gasteiger partial charge is 0.380 e. The molecule has 0 aromatic rings. The van der Waals surface area contributed by atoms with Crippen molar-refractivity contribution in [2.75, 3.05) is 7.11 Å². The summed E-state index contributed by atoms with van der Waals surface area (Å²) in [6.45, 7) is 1.99. The van der Waals surface area contributed by atoms with E-state index in [9.17, 15) is 8.42 Å². The Bertz CT molecular complexity index is 259. The molecule has 0 bridgehead atoms. The fraction of sp³-hybridized carbons (Fsp3) is 1.00. The van der Waals surface area contributed by atoms with Crippen LogP contribution in [-0.4, -0.2) is 31.4 Å². The molecule has 4 nitrogen and oxygen atoms in total. The lowest BCUT2D eigenvalue weighted by molar-refractivity contribution is 0.0601. The molecule has 0 amide bonds. The average Bonchev–Trinajstić information content (AvgIpc) is 2.03. The summed E-state index contributed by atoms with van der Waals surface area (Å²) >= 11 is 0. The molecule has 5 heteroatoms. The van der Waals surface area contributed by atoms with Crippen molar-refractivity contribution in [3.63, 3.8) is 0 Å². The lowest BCUT2D eigenvalue weighted by Gasteiger charge is -2.31. The third-order valence-electron chi connectivity index (χ3n) is 2.68. The molecule has 78 valence electrons. The molecule has 0 spiro atoms. The Morgan fingerprint density at radius 1 is 1.38 bits per heavy atom. The molecule has 0 aromatic heterocycles. The van der Waals surface area contributed by atoms with E-state index in [4.69, 9.17) is 9.29 Å². The van der Waals surface area contributed by atoms with Gasteiger partial charge in [-0.3, -0.25) is 4.55 Å². The number of ether oxygens (including phenoxy) is 1. The van der Waals surface area contributed by atoms with Gasteiger partial charge in [-0.1, -0.05) is 6.92 Å². The van der Waals surface area contributed by atoms with Gasteiger partial charge in [0, 0.05) is 7.11 Å². The lowest BCUT2D eigenvalue weighted by Crippen LogP contribution is -2.40. The van der Waals surface area contributed by atoms with Crippen molar-refractivity contribution in [1.29, 1.82) is 0 Å². The van der Waals surface area contributed by atoms with Crippen molar-refractivity contribution in [3.05, 3.63) is 0 Å². The second-order valence-electron chi connectivity index (χ2n) is 3.75. The topological polar surface area (TPSA) is 63.6 Å². The monoisotopic (exact) mass is 208 g/mol. The third-order valence-corrected chi connectivity index (χ3v) is 3.94. The molecule has 1 aliphatic carbocycles. The van der Waals surface area contributed by atoms with E-state index >= 15 is 0 Å². The van der Waals surface area contributed by atoms with Crippen molar-refractivity contribution in [2.45, 2.75) is 37.5 Å². The zero-order chi connectivity index (χ0) is 10.1. The summed E-state index contributed by atoms with van der Waals surface area (Å²) in [7, 11) is -2.46. The van der Waals surface area contributed by atoms with Crippen LogP contribution in [0.5, 0.6) is 0 Å². The van der Waals surface area contributed by atoms with Crippen molar-refractivity contribution in [2.24, 2.45) is 5.92 Å². The maximum absolute atomic E-state index is 11.0. The van der Waals surface area contributed by atoms with Gasteiger partial charge >= 0.3 is 0 Å². The van der Waals surface area contributed by atoms with Gasteiger partial charge in [0.1, 0.15) is 5.25 Å². The van der Waals surface area contributed by atoms with E-state index < -0.39 is 15.4 Å². The Labute approximate surface area is 79.0 Å². The summed E-state index contributed by atoms with van der Waals surface area (Å²) in [6, 6.07) is 0. The van der Waals surface area contributed by atoms with Gasteiger partial charge in [-0.25, -0.2) is 0 Å². The molecule has 1 aliphatic rings. The predicted octanol–water partition coefficient (Wildman–Crippen LogP) is 1.08. The third kappa shape index (κ3) is 2.65. The van der Waals surface area contributed by atoms with Gasteiger partial charge in [0.05, 0.1) is 6.10 Å². The van der Waals surface area contributed by atoms with Crippen LogP contribution in [0.1, 0.15) is 26.2 Å². The van der Waals surface area contributed by atoms with Crippen LogP contribution < -0.4 is 0 Å². The summed E-state index contributed by atoms with van der Waals surface area (Å²) in [6.07, 6.45) is 1.83. The molecule has 13 heavy (non-hydrogen) atoms. The van der Waals surface area contributed by atoms with Gasteiger partial charge in [-0.05, 0) is 25.2 Å². The first-order chi connectivity index (χ1) is 5.95. The predicted molar refractivity (Wildman–Crippen MR) is 49.1 cm³/mol. The molecule has 3 unspecified atom stereocenters. The van der Waals surface area contributed by atoms with Crippen LogP contribution in [0, 0.1) is 5.92 Å². The molecule has 1 saturated carbocycles. The summed E-state index contributed by atoms with van der Waals surface area (Å²) in [5, 5.41) is -0.735. The highest BCUT2D eigenvalue weighted by Crippen LogP contribution is 2.29. The minimum absolute atomic E-state index is 0.341. The van der Waals surface area contributed by atoms with Gasteiger partial charge in [0.25, 0.3) is 10.1 Å². The number of hydrogen-bond acceptors (Lipinski definition) is 3. The van der Waals surface area contributed by atoms with Crippen LogP contribution >= 0.6 is 0 Å². The smallest absolute Gasteiger partial charge is 0.270 e. The average molecular weight is 208 g/mol. The highest BCUT2D eigenvalue weighted by Gasteiger charge is 2.36. The van der Waals surface area contributed by atoms with Crippen molar-refractivity contribution in [3.8, 4) is 0 Å². The number of methoxy groups -OCH3 is 1. The summed E-state index contributed by atoms with van der Waals surface area (Å²) < 4.78 is 35.9. The minimum atomic E-state index is -3.95. The lowest BCUT2D eigenvalue weighted by atomic mass is 9.88. The van der Waals surface area contributed by atoms with E-state index in [1.807, 2.05) is 6.92 Å². The normalized spacial score (nSPS) is 36.1. The Morgan fingerprint density at radius 3 is 2.46 bits per heavy atom. The fourth-order valence-corrected chi connectivity index (χ4v) is 3.09. The highest BCUT2D eigenvalue weighted by atomic mass is 32.2. The number of rotatable bonds is 2. The first-order valence-electron chi connectivity index (χ1n) is 4.44. The van der Waals surface area contributed by atoms with Gasteiger partial charge in [-0.15, -0.1) is 0 Å². The van der Waals surface area contributed by atoms with Crippen molar-refractivity contribution in [1.82, 2.24) is 0 Å².